The molecule has 1 N–H and O–H groups in total. The van der Waals surface area contributed by atoms with Crippen LogP contribution in [-0.2, 0) is 14.3 Å². The molecule has 5 atom stereocenters. The zero-order chi connectivity index (χ0) is 14.7. The second-order valence-electron chi connectivity index (χ2n) is 6.04. The maximum absolute atomic E-state index is 12.6. The Morgan fingerprint density at radius 1 is 1.29 bits per heavy atom. The van der Waals surface area contributed by atoms with Crippen molar-refractivity contribution in [1.29, 1.82) is 0 Å². The van der Waals surface area contributed by atoms with Gasteiger partial charge in [-0.1, -0.05) is 23.2 Å². The Morgan fingerprint density at radius 2 is 2.10 bits per heavy atom. The smallest absolute Gasteiger partial charge is 0.310 e. The van der Waals surface area contributed by atoms with Crippen LogP contribution >= 0.6 is 23.2 Å². The minimum Gasteiger partial charge on any atom is -0.462 e. The Balaban J connectivity index is 1.58. The number of halogens is 2. The van der Waals surface area contributed by atoms with Crippen LogP contribution in [0, 0.1) is 23.7 Å². The first kappa shape index (κ1) is 13.4. The first-order chi connectivity index (χ1) is 10.0. The summed E-state index contributed by atoms with van der Waals surface area (Å²) in [5, 5.41) is 3.75. The highest BCUT2D eigenvalue weighted by Crippen LogP contribution is 2.57. The number of rotatable bonds is 2. The maximum atomic E-state index is 12.6. The first-order valence-corrected chi connectivity index (χ1v) is 7.76. The Hall–Kier alpha value is -1.26. The fraction of sp³-hybridized carbons (Fsp3) is 0.467. The first-order valence-electron chi connectivity index (χ1n) is 7.01. The van der Waals surface area contributed by atoms with Crippen LogP contribution in [0.1, 0.15) is 12.8 Å². The molecular formula is C15H13Cl2NO3. The number of hydrogen-bond donors (Lipinski definition) is 1. The standard InChI is InChI=1S/C15H13Cl2NO3/c16-7-1-2-9(17)10(5-7)18-14(19)12-6-3-8-11(4-6)21-15(20)13(8)12/h1-2,5-6,8,11-13H,3-4H2,(H,18,19)/t6-,8-,11+,12+,13-/m0/s1. The van der Waals surface area contributed by atoms with E-state index in [4.69, 9.17) is 27.9 Å². The van der Waals surface area contributed by atoms with E-state index in [1.165, 1.54) is 0 Å². The predicted molar refractivity (Wildman–Crippen MR) is 78.2 cm³/mol. The number of carbonyl (C=O) groups excluding carboxylic acids is 2. The highest BCUT2D eigenvalue weighted by atomic mass is 35.5. The molecule has 1 heterocycles. The number of benzene rings is 1. The van der Waals surface area contributed by atoms with Crippen molar-refractivity contribution in [2.45, 2.75) is 18.9 Å². The van der Waals surface area contributed by atoms with Crippen LogP contribution in [-0.4, -0.2) is 18.0 Å². The minimum absolute atomic E-state index is 0.0336. The quantitative estimate of drug-likeness (QED) is 0.850. The van der Waals surface area contributed by atoms with Crippen molar-refractivity contribution >= 4 is 40.8 Å². The Kier molecular flexibility index (Phi) is 2.95. The summed E-state index contributed by atoms with van der Waals surface area (Å²) in [6, 6.07) is 4.92. The van der Waals surface area contributed by atoms with Gasteiger partial charge in [0.05, 0.1) is 22.5 Å². The normalized spacial score (nSPS) is 35.9. The number of ether oxygens (including phenoxy) is 1. The summed E-state index contributed by atoms with van der Waals surface area (Å²) >= 11 is 12.0. The molecular weight excluding hydrogens is 313 g/mol. The number of esters is 1. The summed E-state index contributed by atoms with van der Waals surface area (Å²) in [6.07, 6.45) is 1.74. The van der Waals surface area contributed by atoms with E-state index in [1.54, 1.807) is 18.2 Å². The average molecular weight is 326 g/mol. The molecule has 21 heavy (non-hydrogen) atoms. The fourth-order valence-corrected chi connectivity index (χ4v) is 4.51. The van der Waals surface area contributed by atoms with Gasteiger partial charge in [0.25, 0.3) is 0 Å². The molecule has 2 aliphatic carbocycles. The molecule has 4 rings (SSSR count). The molecule has 1 saturated heterocycles. The van der Waals surface area contributed by atoms with E-state index < -0.39 is 0 Å². The molecule has 1 aromatic carbocycles. The van der Waals surface area contributed by atoms with Gasteiger partial charge in [0.2, 0.25) is 5.91 Å². The fourth-order valence-electron chi connectivity index (χ4n) is 4.17. The number of fused-ring (bicyclic) bond motifs is 1. The zero-order valence-corrected chi connectivity index (χ0v) is 12.5. The molecule has 1 amide bonds. The Bertz CT molecular complexity index is 646. The number of hydrogen-bond acceptors (Lipinski definition) is 3. The second-order valence-corrected chi connectivity index (χ2v) is 6.88. The van der Waals surface area contributed by atoms with Crippen molar-refractivity contribution in [1.82, 2.24) is 0 Å². The van der Waals surface area contributed by atoms with Crippen molar-refractivity contribution in [3.8, 4) is 0 Å². The van der Waals surface area contributed by atoms with E-state index in [9.17, 15) is 9.59 Å². The highest BCUT2D eigenvalue weighted by molar-refractivity contribution is 6.35. The SMILES string of the molecule is O=C(Nc1cc(Cl)ccc1Cl)[C@@H]1[C@H]2C[C@@H]3[C@@H]1C(=O)O[C@@H]3C2. The van der Waals surface area contributed by atoms with Crippen LogP contribution in [0.4, 0.5) is 5.69 Å². The van der Waals surface area contributed by atoms with Crippen LogP contribution in [0.5, 0.6) is 0 Å². The molecule has 3 fully saturated rings. The molecule has 1 aromatic rings. The summed E-state index contributed by atoms with van der Waals surface area (Å²) in [5.74, 6) is -0.526. The third-order valence-electron chi connectivity index (χ3n) is 4.97. The Labute approximate surface area is 131 Å². The van der Waals surface area contributed by atoms with Gasteiger partial charge in [0.15, 0.2) is 0 Å². The van der Waals surface area contributed by atoms with E-state index >= 15 is 0 Å². The van der Waals surface area contributed by atoms with Gasteiger partial charge in [-0.05, 0) is 37.0 Å². The van der Waals surface area contributed by atoms with E-state index in [-0.39, 0.29) is 41.7 Å². The van der Waals surface area contributed by atoms with Crippen molar-refractivity contribution in [2.75, 3.05) is 5.32 Å². The second kappa shape index (κ2) is 4.62. The summed E-state index contributed by atoms with van der Waals surface area (Å²) in [7, 11) is 0. The van der Waals surface area contributed by atoms with Crippen LogP contribution in [0.3, 0.4) is 0 Å². The summed E-state index contributed by atoms with van der Waals surface area (Å²) in [6.45, 7) is 0. The lowest BCUT2D eigenvalue weighted by atomic mass is 9.79. The maximum Gasteiger partial charge on any atom is 0.310 e. The van der Waals surface area contributed by atoms with Gasteiger partial charge < -0.3 is 10.1 Å². The van der Waals surface area contributed by atoms with E-state index in [0.29, 0.717) is 15.7 Å². The zero-order valence-electron chi connectivity index (χ0n) is 11.0. The summed E-state index contributed by atoms with van der Waals surface area (Å²) < 4.78 is 5.35. The average Bonchev–Trinajstić information content (AvgIpc) is 3.03. The molecule has 6 heteroatoms. The van der Waals surface area contributed by atoms with Crippen LogP contribution in [0.15, 0.2) is 18.2 Å². The lowest BCUT2D eigenvalue weighted by molar-refractivity contribution is -0.145. The topological polar surface area (TPSA) is 55.4 Å². The van der Waals surface area contributed by atoms with Gasteiger partial charge in [0, 0.05) is 10.9 Å². The molecule has 0 radical (unpaired) electrons. The molecule has 0 aromatic heterocycles. The van der Waals surface area contributed by atoms with Crippen molar-refractivity contribution in [2.24, 2.45) is 23.7 Å². The van der Waals surface area contributed by atoms with Gasteiger partial charge in [-0.15, -0.1) is 0 Å². The summed E-state index contributed by atoms with van der Waals surface area (Å²) in [4.78, 5) is 24.5. The number of carbonyl (C=O) groups is 2. The van der Waals surface area contributed by atoms with Crippen molar-refractivity contribution < 1.29 is 14.3 Å². The third kappa shape index (κ3) is 1.96. The number of anilines is 1. The molecule has 2 bridgehead atoms. The minimum atomic E-state index is -0.309. The van der Waals surface area contributed by atoms with Gasteiger partial charge in [-0.25, -0.2) is 0 Å². The van der Waals surface area contributed by atoms with Crippen molar-refractivity contribution in [3.63, 3.8) is 0 Å². The predicted octanol–water partition coefficient (Wildman–Crippen LogP) is 3.13. The van der Waals surface area contributed by atoms with Crippen LogP contribution < -0.4 is 5.32 Å². The van der Waals surface area contributed by atoms with E-state index in [1.807, 2.05) is 0 Å². The van der Waals surface area contributed by atoms with E-state index in [0.717, 1.165) is 12.8 Å². The molecule has 2 saturated carbocycles. The highest BCUT2D eigenvalue weighted by Gasteiger charge is 2.63. The van der Waals surface area contributed by atoms with Crippen LogP contribution in [0.2, 0.25) is 10.0 Å². The summed E-state index contributed by atoms with van der Waals surface area (Å²) in [5.41, 5.74) is 0.486. The lowest BCUT2D eigenvalue weighted by Gasteiger charge is -2.23. The monoisotopic (exact) mass is 325 g/mol. The molecule has 4 nitrogen and oxygen atoms in total. The third-order valence-corrected chi connectivity index (χ3v) is 5.54. The van der Waals surface area contributed by atoms with Gasteiger partial charge in [-0.2, -0.15) is 0 Å². The largest absolute Gasteiger partial charge is 0.462 e. The molecule has 110 valence electrons. The van der Waals surface area contributed by atoms with Gasteiger partial charge in [-0.3, -0.25) is 9.59 Å². The van der Waals surface area contributed by atoms with Gasteiger partial charge >= 0.3 is 5.97 Å². The van der Waals surface area contributed by atoms with Crippen molar-refractivity contribution in [3.05, 3.63) is 28.2 Å². The van der Waals surface area contributed by atoms with Gasteiger partial charge in [0.1, 0.15) is 6.10 Å². The lowest BCUT2D eigenvalue weighted by Crippen LogP contribution is -2.35. The molecule has 1 aliphatic heterocycles. The Morgan fingerprint density at radius 3 is 2.90 bits per heavy atom. The molecule has 3 aliphatic rings. The van der Waals surface area contributed by atoms with Crippen LogP contribution in [0.25, 0.3) is 0 Å². The van der Waals surface area contributed by atoms with E-state index in [2.05, 4.69) is 5.32 Å². The number of nitrogens with one attached hydrogen (secondary N) is 1. The molecule has 0 spiro atoms. The number of amides is 1. The molecule has 0 unspecified atom stereocenters.